The molecule has 0 aromatic heterocycles. The van der Waals surface area contributed by atoms with Gasteiger partial charge in [-0.1, -0.05) is 101 Å². The Balaban J connectivity index is 1.81. The van der Waals surface area contributed by atoms with E-state index in [0.717, 1.165) is 66.9 Å². The molecule has 0 amide bonds. The van der Waals surface area contributed by atoms with Gasteiger partial charge in [0.2, 0.25) is 0 Å². The Morgan fingerprint density at radius 1 is 0.907 bits per heavy atom. The van der Waals surface area contributed by atoms with E-state index < -0.39 is 34.3 Å². The molecule has 1 aliphatic carbocycles. The van der Waals surface area contributed by atoms with Crippen molar-refractivity contribution in [2.75, 3.05) is 32.2 Å². The summed E-state index contributed by atoms with van der Waals surface area (Å²) in [5.74, 6) is 0.624. The minimum atomic E-state index is -5.08. The van der Waals surface area contributed by atoms with Crippen molar-refractivity contribution in [2.24, 2.45) is 5.41 Å². The largest absolute Gasteiger partial charge is 0.496 e. The Hall–Kier alpha value is -5.66. The second-order valence-corrected chi connectivity index (χ2v) is 14.1. The number of allylic oxidation sites excluding steroid dienone is 7. The molecule has 1 heterocycles. The Morgan fingerprint density at radius 3 is 2.13 bits per heavy atom. The van der Waals surface area contributed by atoms with E-state index in [4.69, 9.17) is 14.2 Å². The van der Waals surface area contributed by atoms with Gasteiger partial charge in [0, 0.05) is 41.5 Å². The monoisotopic (exact) mass is 736 g/mol. The molecule has 54 heavy (non-hydrogen) atoms. The molecule has 2 aromatic carbocycles. The lowest BCUT2D eigenvalue weighted by atomic mass is 9.74. The number of alkyl halides is 3. The van der Waals surface area contributed by atoms with Crippen LogP contribution in [0.3, 0.4) is 0 Å². The van der Waals surface area contributed by atoms with Crippen molar-refractivity contribution in [1.29, 1.82) is 15.8 Å². The highest BCUT2D eigenvalue weighted by Gasteiger charge is 2.65. The molecule has 0 spiro atoms. The minimum Gasteiger partial charge on any atom is -0.496 e. The first-order valence-corrected chi connectivity index (χ1v) is 18.1. The molecule has 0 N–H and O–H groups in total. The van der Waals surface area contributed by atoms with Crippen molar-refractivity contribution in [3.8, 4) is 24.0 Å². The quantitative estimate of drug-likeness (QED) is 0.178. The van der Waals surface area contributed by atoms with E-state index in [1.165, 1.54) is 36.4 Å². The average molecular weight is 737 g/mol. The first kappa shape index (κ1) is 41.1. The molecule has 2 aromatic rings. The van der Waals surface area contributed by atoms with Gasteiger partial charge in [-0.25, -0.2) is 0 Å². The number of benzene rings is 2. The van der Waals surface area contributed by atoms with E-state index in [9.17, 15) is 15.8 Å². The van der Waals surface area contributed by atoms with E-state index in [1.54, 1.807) is 44.6 Å². The number of anilines is 1. The Morgan fingerprint density at radius 2 is 1.57 bits per heavy atom. The Kier molecular flexibility index (Phi) is 13.6. The molecule has 2 aliphatic rings. The van der Waals surface area contributed by atoms with Gasteiger partial charge in [-0.05, 0) is 54.4 Å². The molecule has 0 radical (unpaired) electrons. The van der Waals surface area contributed by atoms with Crippen molar-refractivity contribution in [1.82, 2.24) is 0 Å². The number of methoxy groups -OCH3 is 2. The number of hydrogen-bond donors (Lipinski definition) is 0. The zero-order valence-corrected chi connectivity index (χ0v) is 31.8. The first-order valence-electron chi connectivity index (χ1n) is 18.1. The second-order valence-electron chi connectivity index (χ2n) is 14.1. The molecule has 0 saturated heterocycles. The number of rotatable bonds is 14. The van der Waals surface area contributed by atoms with Gasteiger partial charge in [0.05, 0.1) is 14.2 Å². The van der Waals surface area contributed by atoms with Crippen LogP contribution in [-0.2, 0) is 15.1 Å². The van der Waals surface area contributed by atoms with Crippen LogP contribution >= 0.6 is 0 Å². The lowest BCUT2D eigenvalue weighted by Crippen LogP contribution is -2.43. The molecule has 0 fully saturated rings. The summed E-state index contributed by atoms with van der Waals surface area (Å²) in [7, 11) is 3.22. The van der Waals surface area contributed by atoms with Crippen LogP contribution in [0.5, 0.6) is 5.75 Å². The molecular formula is C44H47F3N4O3. The maximum atomic E-state index is 15.2. The molecule has 4 rings (SSSR count). The number of unbranched alkanes of at least 4 members (excludes halogenated alkanes) is 2. The molecule has 0 bridgehead atoms. The molecular weight excluding hydrogens is 690 g/mol. The highest BCUT2D eigenvalue weighted by Crippen LogP contribution is 2.56. The van der Waals surface area contributed by atoms with E-state index in [0.29, 0.717) is 18.6 Å². The summed E-state index contributed by atoms with van der Waals surface area (Å²) in [5.41, 5.74) is -1.82. The maximum absolute atomic E-state index is 15.2. The third kappa shape index (κ3) is 8.75. The number of ether oxygens (including phenoxy) is 3. The van der Waals surface area contributed by atoms with E-state index in [-0.39, 0.29) is 11.0 Å². The third-order valence-electron chi connectivity index (χ3n) is 9.57. The van der Waals surface area contributed by atoms with Crippen LogP contribution in [0, 0.1) is 39.4 Å². The van der Waals surface area contributed by atoms with Crippen LogP contribution in [0.1, 0.15) is 77.3 Å². The molecule has 1 unspecified atom stereocenters. The molecule has 282 valence electrons. The molecule has 0 saturated carbocycles. The first-order chi connectivity index (χ1) is 25.8. The smallest absolute Gasteiger partial charge is 0.437 e. The summed E-state index contributed by atoms with van der Waals surface area (Å²) in [4.78, 5) is 2.40. The number of halogens is 3. The van der Waals surface area contributed by atoms with Crippen LogP contribution in [0.15, 0.2) is 112 Å². The summed E-state index contributed by atoms with van der Waals surface area (Å²) in [6.07, 6.45) is 8.85. The fourth-order valence-electron chi connectivity index (χ4n) is 6.98. The lowest BCUT2D eigenvalue weighted by Gasteiger charge is -2.34. The van der Waals surface area contributed by atoms with Crippen LogP contribution in [0.4, 0.5) is 18.9 Å². The van der Waals surface area contributed by atoms with Crippen LogP contribution in [-0.4, -0.2) is 33.5 Å². The van der Waals surface area contributed by atoms with Crippen molar-refractivity contribution >= 4 is 11.8 Å². The topological polar surface area (TPSA) is 102 Å². The Labute approximate surface area is 317 Å². The summed E-state index contributed by atoms with van der Waals surface area (Å²) in [5, 5.41) is 29.2. The van der Waals surface area contributed by atoms with Crippen LogP contribution < -0.4 is 9.64 Å². The zero-order chi connectivity index (χ0) is 39.5. The van der Waals surface area contributed by atoms with Crippen molar-refractivity contribution < 1.29 is 27.4 Å². The maximum Gasteiger partial charge on any atom is 0.437 e. The van der Waals surface area contributed by atoms with Crippen molar-refractivity contribution in [2.45, 2.75) is 78.0 Å². The average Bonchev–Trinajstić information content (AvgIpc) is 3.49. The SMILES string of the molecule is CCCCN(CCCC)c1ccc(C=CC2=C(OC)C(=CC=CC3=C(C#N)C(=C(C#N)C#N)OC3(c3ccccc3)C(F)(F)F)CC(C)(C)C2)c(OC)c1. The second kappa shape index (κ2) is 17.9. The third-order valence-corrected chi connectivity index (χ3v) is 9.57. The van der Waals surface area contributed by atoms with Gasteiger partial charge in [0.1, 0.15) is 35.3 Å². The fraction of sp³-hybridized carbons (Fsp3) is 0.386. The van der Waals surface area contributed by atoms with Crippen LogP contribution in [0.2, 0.25) is 0 Å². The van der Waals surface area contributed by atoms with Gasteiger partial charge in [0.15, 0.2) is 11.3 Å². The molecule has 1 aliphatic heterocycles. The normalized spacial score (nSPS) is 19.1. The van der Waals surface area contributed by atoms with Gasteiger partial charge in [-0.3, -0.25) is 0 Å². The predicted octanol–water partition coefficient (Wildman–Crippen LogP) is 10.9. The van der Waals surface area contributed by atoms with Gasteiger partial charge < -0.3 is 19.1 Å². The van der Waals surface area contributed by atoms with E-state index in [1.807, 2.05) is 18.2 Å². The number of nitriles is 3. The van der Waals surface area contributed by atoms with Crippen LogP contribution in [0.25, 0.3) is 6.08 Å². The summed E-state index contributed by atoms with van der Waals surface area (Å²) in [6.45, 7) is 10.5. The van der Waals surface area contributed by atoms with E-state index >= 15 is 13.2 Å². The fourth-order valence-corrected chi connectivity index (χ4v) is 6.98. The van der Waals surface area contributed by atoms with E-state index in [2.05, 4.69) is 44.7 Å². The van der Waals surface area contributed by atoms with Gasteiger partial charge in [0.25, 0.3) is 5.60 Å². The summed E-state index contributed by atoms with van der Waals surface area (Å²) in [6, 6.07) is 18.0. The molecule has 1 atom stereocenters. The predicted molar refractivity (Wildman–Crippen MR) is 204 cm³/mol. The van der Waals surface area contributed by atoms with Gasteiger partial charge in [-0.15, -0.1) is 0 Å². The highest BCUT2D eigenvalue weighted by atomic mass is 19.4. The van der Waals surface area contributed by atoms with Crippen molar-refractivity contribution in [3.05, 3.63) is 123 Å². The summed E-state index contributed by atoms with van der Waals surface area (Å²) < 4.78 is 63.0. The minimum absolute atomic E-state index is 0.230. The number of hydrogen-bond acceptors (Lipinski definition) is 7. The highest BCUT2D eigenvalue weighted by molar-refractivity contribution is 5.66. The standard InChI is InChI=1S/C44H47F3N4O3/c1-7-9-23-51(24-10-8-2)36-22-21-31(39(25-36)52-5)19-20-33-27-42(3,4)26-32(40(33)53-6)15-14-18-38-37(30-50)41(34(28-48)29-49)54-43(38,44(45,46)47)35-16-12-11-13-17-35/h11-22,25H,7-10,23-24,26-27H2,1-6H3. The Bertz CT molecular complexity index is 1980. The zero-order valence-electron chi connectivity index (χ0n) is 31.8. The lowest BCUT2D eigenvalue weighted by molar-refractivity contribution is -0.249. The van der Waals surface area contributed by atoms with Gasteiger partial charge >= 0.3 is 6.18 Å². The number of nitrogens with zero attached hydrogens (tertiary/aromatic N) is 4. The van der Waals surface area contributed by atoms with Gasteiger partial charge in [-0.2, -0.15) is 29.0 Å². The molecule has 7 nitrogen and oxygen atoms in total. The molecule has 10 heteroatoms. The summed E-state index contributed by atoms with van der Waals surface area (Å²) >= 11 is 0. The van der Waals surface area contributed by atoms with Crippen molar-refractivity contribution in [3.63, 3.8) is 0 Å².